The molecule has 1 saturated heterocycles. The molecule has 1 aliphatic heterocycles. The standard InChI is InChI=1S/C21H25ClFNO3/c22-17-5-9-20(10-6-17)27-15-19(25)13-24(14-21-2-1-11-26-21)12-16-3-7-18(23)8-4-16/h3-10,19,21,25H,1-2,11-15H2. The number of benzene rings is 2. The lowest BCUT2D eigenvalue weighted by Crippen LogP contribution is -2.39. The van der Waals surface area contributed by atoms with Gasteiger partial charge in [0.05, 0.1) is 6.10 Å². The van der Waals surface area contributed by atoms with Crippen LogP contribution in [0.2, 0.25) is 5.02 Å². The van der Waals surface area contributed by atoms with Gasteiger partial charge in [-0.3, -0.25) is 4.90 Å². The maximum atomic E-state index is 13.1. The minimum absolute atomic E-state index is 0.176. The maximum absolute atomic E-state index is 13.1. The van der Waals surface area contributed by atoms with Crippen LogP contribution in [-0.2, 0) is 11.3 Å². The summed E-state index contributed by atoms with van der Waals surface area (Å²) in [6.45, 7) is 2.78. The minimum Gasteiger partial charge on any atom is -0.491 e. The van der Waals surface area contributed by atoms with Gasteiger partial charge in [-0.1, -0.05) is 23.7 Å². The summed E-state index contributed by atoms with van der Waals surface area (Å²) >= 11 is 5.86. The van der Waals surface area contributed by atoms with Gasteiger partial charge in [-0.25, -0.2) is 4.39 Å². The van der Waals surface area contributed by atoms with Crippen LogP contribution in [0.5, 0.6) is 5.75 Å². The highest BCUT2D eigenvalue weighted by Gasteiger charge is 2.21. The van der Waals surface area contributed by atoms with Gasteiger partial charge in [0.25, 0.3) is 0 Å². The van der Waals surface area contributed by atoms with Gasteiger partial charge in [-0.05, 0) is 54.8 Å². The van der Waals surface area contributed by atoms with Gasteiger partial charge < -0.3 is 14.6 Å². The topological polar surface area (TPSA) is 41.9 Å². The molecule has 0 aromatic heterocycles. The van der Waals surface area contributed by atoms with E-state index in [-0.39, 0.29) is 18.5 Å². The van der Waals surface area contributed by atoms with Crippen molar-refractivity contribution in [1.82, 2.24) is 4.90 Å². The van der Waals surface area contributed by atoms with E-state index < -0.39 is 6.10 Å². The molecule has 0 radical (unpaired) electrons. The molecule has 4 nitrogen and oxygen atoms in total. The van der Waals surface area contributed by atoms with E-state index >= 15 is 0 Å². The first-order valence-corrected chi connectivity index (χ1v) is 9.61. The molecular formula is C21H25ClFNO3. The lowest BCUT2D eigenvalue weighted by molar-refractivity contribution is 0.0313. The van der Waals surface area contributed by atoms with Crippen LogP contribution in [0.3, 0.4) is 0 Å². The first-order chi connectivity index (χ1) is 13.1. The highest BCUT2D eigenvalue weighted by Crippen LogP contribution is 2.17. The van der Waals surface area contributed by atoms with Gasteiger partial charge in [0.1, 0.15) is 24.3 Å². The van der Waals surface area contributed by atoms with Crippen molar-refractivity contribution in [2.45, 2.75) is 31.6 Å². The van der Waals surface area contributed by atoms with Crippen LogP contribution in [0.25, 0.3) is 0 Å². The van der Waals surface area contributed by atoms with Crippen LogP contribution in [0.4, 0.5) is 4.39 Å². The molecule has 1 fully saturated rings. The van der Waals surface area contributed by atoms with Crippen molar-refractivity contribution in [3.63, 3.8) is 0 Å². The second kappa shape index (κ2) is 10.0. The van der Waals surface area contributed by atoms with Gasteiger partial charge in [0.15, 0.2) is 0 Å². The van der Waals surface area contributed by atoms with Crippen molar-refractivity contribution in [2.24, 2.45) is 0 Å². The van der Waals surface area contributed by atoms with Crippen molar-refractivity contribution >= 4 is 11.6 Å². The Morgan fingerprint density at radius 1 is 1.19 bits per heavy atom. The molecule has 3 rings (SSSR count). The number of aliphatic hydroxyl groups excluding tert-OH is 1. The second-order valence-electron chi connectivity index (χ2n) is 6.87. The third-order valence-electron chi connectivity index (χ3n) is 4.53. The molecule has 1 N–H and O–H groups in total. The quantitative estimate of drug-likeness (QED) is 0.701. The van der Waals surface area contributed by atoms with Crippen LogP contribution in [0.1, 0.15) is 18.4 Å². The summed E-state index contributed by atoms with van der Waals surface area (Å²) in [7, 11) is 0. The van der Waals surface area contributed by atoms with E-state index in [1.54, 1.807) is 36.4 Å². The van der Waals surface area contributed by atoms with Gasteiger partial charge in [-0.15, -0.1) is 0 Å². The van der Waals surface area contributed by atoms with Crippen LogP contribution in [0, 0.1) is 5.82 Å². The Balaban J connectivity index is 1.55. The zero-order valence-electron chi connectivity index (χ0n) is 15.2. The van der Waals surface area contributed by atoms with Gasteiger partial charge in [0, 0.05) is 31.3 Å². The fourth-order valence-corrected chi connectivity index (χ4v) is 3.33. The second-order valence-corrected chi connectivity index (χ2v) is 7.31. The average Bonchev–Trinajstić information content (AvgIpc) is 3.16. The van der Waals surface area contributed by atoms with Crippen molar-refractivity contribution in [3.05, 3.63) is 64.9 Å². The van der Waals surface area contributed by atoms with E-state index in [4.69, 9.17) is 21.1 Å². The third kappa shape index (κ3) is 6.78. The lowest BCUT2D eigenvalue weighted by Gasteiger charge is -2.27. The number of rotatable bonds is 9. The molecule has 0 bridgehead atoms. The minimum atomic E-state index is -0.650. The molecule has 0 amide bonds. The van der Waals surface area contributed by atoms with E-state index in [2.05, 4.69) is 4.90 Å². The maximum Gasteiger partial charge on any atom is 0.123 e. The Hall–Kier alpha value is -1.66. The Kier molecular flexibility index (Phi) is 7.47. The number of ether oxygens (including phenoxy) is 2. The molecule has 0 aliphatic carbocycles. The molecule has 2 atom stereocenters. The van der Waals surface area contributed by atoms with Crippen LogP contribution < -0.4 is 4.74 Å². The van der Waals surface area contributed by atoms with E-state index in [9.17, 15) is 9.50 Å². The van der Waals surface area contributed by atoms with Gasteiger partial charge in [-0.2, -0.15) is 0 Å². The number of hydrogen-bond donors (Lipinski definition) is 1. The summed E-state index contributed by atoms with van der Waals surface area (Å²) in [5, 5.41) is 11.1. The zero-order chi connectivity index (χ0) is 19.1. The molecule has 2 aromatic rings. The summed E-state index contributed by atoms with van der Waals surface area (Å²) in [6.07, 6.45) is 1.62. The number of halogens is 2. The Morgan fingerprint density at radius 3 is 2.59 bits per heavy atom. The van der Waals surface area contributed by atoms with Gasteiger partial charge >= 0.3 is 0 Å². The Morgan fingerprint density at radius 2 is 1.93 bits per heavy atom. The molecule has 6 heteroatoms. The molecule has 1 heterocycles. The van der Waals surface area contributed by atoms with Crippen molar-refractivity contribution in [2.75, 3.05) is 26.3 Å². The molecular weight excluding hydrogens is 369 g/mol. The van der Waals surface area contributed by atoms with Crippen molar-refractivity contribution in [3.8, 4) is 5.75 Å². The lowest BCUT2D eigenvalue weighted by atomic mass is 10.1. The molecule has 146 valence electrons. The summed E-state index contributed by atoms with van der Waals surface area (Å²) < 4.78 is 24.5. The number of nitrogens with zero attached hydrogens (tertiary/aromatic N) is 1. The van der Waals surface area contributed by atoms with E-state index in [0.29, 0.717) is 23.9 Å². The molecule has 2 unspecified atom stereocenters. The highest BCUT2D eigenvalue weighted by atomic mass is 35.5. The Bertz CT molecular complexity index is 690. The smallest absolute Gasteiger partial charge is 0.123 e. The Labute approximate surface area is 164 Å². The highest BCUT2D eigenvalue weighted by molar-refractivity contribution is 6.30. The molecule has 0 spiro atoms. The monoisotopic (exact) mass is 393 g/mol. The first-order valence-electron chi connectivity index (χ1n) is 9.23. The predicted octanol–water partition coefficient (Wildman–Crippen LogP) is 3.90. The average molecular weight is 394 g/mol. The van der Waals surface area contributed by atoms with Gasteiger partial charge in [0.2, 0.25) is 0 Å². The summed E-state index contributed by atoms with van der Waals surface area (Å²) in [5.41, 5.74) is 1.00. The largest absolute Gasteiger partial charge is 0.491 e. The molecule has 27 heavy (non-hydrogen) atoms. The molecule has 0 saturated carbocycles. The van der Waals surface area contributed by atoms with E-state index in [0.717, 1.165) is 31.6 Å². The summed E-state index contributed by atoms with van der Waals surface area (Å²) in [4.78, 5) is 2.14. The summed E-state index contributed by atoms with van der Waals surface area (Å²) in [6, 6.07) is 13.5. The fraction of sp³-hybridized carbons (Fsp3) is 0.429. The number of aliphatic hydroxyl groups is 1. The van der Waals surface area contributed by atoms with Crippen LogP contribution >= 0.6 is 11.6 Å². The molecule has 1 aliphatic rings. The molecule has 2 aromatic carbocycles. The van der Waals surface area contributed by atoms with Crippen molar-refractivity contribution in [1.29, 1.82) is 0 Å². The van der Waals surface area contributed by atoms with Crippen molar-refractivity contribution < 1.29 is 19.0 Å². The van der Waals surface area contributed by atoms with E-state index in [1.165, 1.54) is 12.1 Å². The third-order valence-corrected chi connectivity index (χ3v) is 4.78. The SMILES string of the molecule is OC(COc1ccc(Cl)cc1)CN(Cc1ccc(F)cc1)CC1CCCO1. The normalized spacial score (nSPS) is 18.0. The summed E-state index contributed by atoms with van der Waals surface area (Å²) in [5.74, 6) is 0.420. The first kappa shape index (κ1) is 20.1. The van der Waals surface area contributed by atoms with Crippen LogP contribution in [0.15, 0.2) is 48.5 Å². The van der Waals surface area contributed by atoms with Crippen LogP contribution in [-0.4, -0.2) is 48.5 Å². The zero-order valence-corrected chi connectivity index (χ0v) is 15.9. The predicted molar refractivity (Wildman–Crippen MR) is 104 cm³/mol. The number of hydrogen-bond acceptors (Lipinski definition) is 4. The fourth-order valence-electron chi connectivity index (χ4n) is 3.20. The van der Waals surface area contributed by atoms with E-state index in [1.807, 2.05) is 0 Å².